The molecule has 1 spiro atoms. The van der Waals surface area contributed by atoms with Gasteiger partial charge in [-0.3, -0.25) is 14.5 Å². The molecule has 8 rings (SSSR count). The zero-order valence-electron chi connectivity index (χ0n) is 28.9. The van der Waals surface area contributed by atoms with Gasteiger partial charge in [-0.05, 0) is 88.0 Å². The molecule has 5 aliphatic carbocycles. The summed E-state index contributed by atoms with van der Waals surface area (Å²) in [6, 6.07) is 2.00. The van der Waals surface area contributed by atoms with Gasteiger partial charge in [0.05, 0.1) is 6.04 Å². The normalized spacial score (nSPS) is 32.0. The van der Waals surface area contributed by atoms with Gasteiger partial charge in [-0.1, -0.05) is 64.2 Å². The van der Waals surface area contributed by atoms with Gasteiger partial charge in [0.2, 0.25) is 5.91 Å². The van der Waals surface area contributed by atoms with Gasteiger partial charge < -0.3 is 19.5 Å². The molecular formula is C40H58N2O5. The second-order valence-corrected chi connectivity index (χ2v) is 16.8. The number of ether oxygens (including phenoxy) is 2. The van der Waals surface area contributed by atoms with E-state index in [0.29, 0.717) is 41.7 Å². The minimum atomic E-state index is -0.403. The van der Waals surface area contributed by atoms with Crippen LogP contribution in [0.25, 0.3) is 0 Å². The Morgan fingerprint density at radius 3 is 2.43 bits per heavy atom. The molecule has 0 aromatic heterocycles. The van der Waals surface area contributed by atoms with Crippen LogP contribution in [0, 0.1) is 23.7 Å². The summed E-state index contributed by atoms with van der Waals surface area (Å²) in [5.74, 6) is 3.82. The standard InChI is InChI=1S/C40H58N2O5/c1-26(43)46-35-23-34(44)30-22-33-31-18-19-32(39-40(31,37(30)38(35)47-39)20-21-41(33)24-29-16-17-29)42(25-28-13-6-3-7-14-28)36(45)15-9-8-12-27-10-4-2-5-11-27/h23,27-29,31-33,39,44H,2-22,24-25H2,1H3/t31-,32+,33+,39-,40-/m0/s1. The number of esters is 1. The third-order valence-electron chi connectivity index (χ3n) is 13.8. The highest BCUT2D eigenvalue weighted by molar-refractivity contribution is 5.77. The maximum atomic E-state index is 14.5. The lowest BCUT2D eigenvalue weighted by Crippen LogP contribution is -2.69. The van der Waals surface area contributed by atoms with Crippen molar-refractivity contribution in [1.29, 1.82) is 0 Å². The Morgan fingerprint density at radius 2 is 1.70 bits per heavy atom. The highest BCUT2D eigenvalue weighted by atomic mass is 16.6. The fourth-order valence-corrected chi connectivity index (χ4v) is 11.5. The van der Waals surface area contributed by atoms with E-state index in [1.165, 1.54) is 90.4 Å². The molecule has 0 unspecified atom stereocenters. The van der Waals surface area contributed by atoms with E-state index in [9.17, 15) is 14.7 Å². The van der Waals surface area contributed by atoms with Crippen molar-refractivity contribution in [3.63, 3.8) is 0 Å². The molecule has 7 nitrogen and oxygen atoms in total. The lowest BCUT2D eigenvalue weighted by atomic mass is 9.50. The number of amides is 1. The molecule has 2 heterocycles. The average Bonchev–Trinajstić information content (AvgIpc) is 3.83. The molecule has 0 radical (unpaired) electrons. The Balaban J connectivity index is 1.10. The highest BCUT2D eigenvalue weighted by Gasteiger charge is 2.67. The summed E-state index contributed by atoms with van der Waals surface area (Å²) in [4.78, 5) is 31.8. The lowest BCUT2D eigenvalue weighted by molar-refractivity contribution is -0.144. The van der Waals surface area contributed by atoms with Gasteiger partial charge in [-0.25, -0.2) is 0 Å². The summed E-state index contributed by atoms with van der Waals surface area (Å²) in [5, 5.41) is 11.5. The summed E-state index contributed by atoms with van der Waals surface area (Å²) in [6.45, 7) is 4.45. The lowest BCUT2D eigenvalue weighted by Gasteiger charge is -2.60. The topological polar surface area (TPSA) is 79.3 Å². The Kier molecular flexibility index (Phi) is 8.98. The van der Waals surface area contributed by atoms with E-state index in [4.69, 9.17) is 9.47 Å². The second-order valence-electron chi connectivity index (χ2n) is 16.8. The van der Waals surface area contributed by atoms with E-state index in [1.807, 2.05) is 0 Å². The molecule has 7 aliphatic rings. The highest BCUT2D eigenvalue weighted by Crippen LogP contribution is 2.66. The fourth-order valence-electron chi connectivity index (χ4n) is 11.5. The first-order valence-electron chi connectivity index (χ1n) is 19.7. The largest absolute Gasteiger partial charge is 0.508 e. The number of likely N-dealkylation sites (tertiary alicyclic amines) is 1. The molecule has 5 fully saturated rings. The molecule has 2 aliphatic heterocycles. The molecule has 1 aromatic rings. The molecule has 1 aromatic carbocycles. The number of nitrogens with zero attached hydrogens (tertiary/aromatic N) is 2. The second kappa shape index (κ2) is 13.2. The molecule has 258 valence electrons. The van der Waals surface area contributed by atoms with Crippen molar-refractivity contribution in [2.75, 3.05) is 19.6 Å². The zero-order valence-corrected chi connectivity index (χ0v) is 28.9. The van der Waals surface area contributed by atoms with E-state index in [0.717, 1.165) is 81.1 Å². The predicted octanol–water partition coefficient (Wildman–Crippen LogP) is 7.68. The summed E-state index contributed by atoms with van der Waals surface area (Å²) >= 11 is 0. The molecule has 4 saturated carbocycles. The molecule has 5 atom stereocenters. The number of phenolic OH excluding ortho intramolecular Hbond substituents is 1. The molecular weight excluding hydrogens is 588 g/mol. The van der Waals surface area contributed by atoms with Crippen LogP contribution < -0.4 is 9.47 Å². The van der Waals surface area contributed by atoms with Gasteiger partial charge >= 0.3 is 5.97 Å². The van der Waals surface area contributed by atoms with E-state index in [2.05, 4.69) is 9.80 Å². The zero-order chi connectivity index (χ0) is 32.1. The number of carbonyl (C=O) groups excluding carboxylic acids is 2. The number of piperidine rings is 1. The van der Waals surface area contributed by atoms with Crippen LogP contribution in [0.1, 0.15) is 140 Å². The Bertz CT molecular complexity index is 1330. The van der Waals surface area contributed by atoms with Crippen molar-refractivity contribution < 1.29 is 24.2 Å². The molecule has 1 amide bonds. The summed E-state index contributed by atoms with van der Waals surface area (Å²) < 4.78 is 12.9. The first kappa shape index (κ1) is 32.0. The summed E-state index contributed by atoms with van der Waals surface area (Å²) in [5.41, 5.74) is 1.83. The number of unbranched alkanes of at least 4 members (excludes halogenated alkanes) is 1. The van der Waals surface area contributed by atoms with Crippen molar-refractivity contribution in [1.82, 2.24) is 9.80 Å². The van der Waals surface area contributed by atoms with Crippen LogP contribution in [0.3, 0.4) is 0 Å². The van der Waals surface area contributed by atoms with Crippen molar-refractivity contribution in [3.8, 4) is 17.2 Å². The minimum Gasteiger partial charge on any atom is -0.508 e. The number of hydrogen-bond donors (Lipinski definition) is 1. The Hall–Kier alpha value is -2.28. The smallest absolute Gasteiger partial charge is 0.308 e. The predicted molar refractivity (Wildman–Crippen MR) is 182 cm³/mol. The van der Waals surface area contributed by atoms with Gasteiger partial charge in [0.25, 0.3) is 0 Å². The molecule has 1 saturated heterocycles. The Labute approximate surface area is 282 Å². The monoisotopic (exact) mass is 646 g/mol. The first-order valence-corrected chi connectivity index (χ1v) is 19.7. The van der Waals surface area contributed by atoms with E-state index in [1.54, 1.807) is 6.07 Å². The van der Waals surface area contributed by atoms with Crippen molar-refractivity contribution >= 4 is 11.9 Å². The van der Waals surface area contributed by atoms with Gasteiger partial charge in [0.1, 0.15) is 11.9 Å². The van der Waals surface area contributed by atoms with Gasteiger partial charge in [-0.2, -0.15) is 0 Å². The number of phenols is 1. The maximum Gasteiger partial charge on any atom is 0.308 e. The van der Waals surface area contributed by atoms with Crippen LogP contribution in [0.15, 0.2) is 6.07 Å². The molecule has 1 N–H and O–H groups in total. The quantitative estimate of drug-likeness (QED) is 0.151. The SMILES string of the molecule is CC(=O)Oc1cc(O)c2c3c1O[C@H]1[C@H](N(CC4CCCCC4)C(=O)CCCCC4CCCCC4)CC[C@H]4[C@@H](C2)N(CC2CC2)CC[C@@]341. The number of rotatable bonds is 11. The van der Waals surface area contributed by atoms with Crippen molar-refractivity contribution in [2.24, 2.45) is 23.7 Å². The van der Waals surface area contributed by atoms with E-state index in [-0.39, 0.29) is 23.3 Å². The van der Waals surface area contributed by atoms with Crippen LogP contribution in [-0.2, 0) is 21.4 Å². The van der Waals surface area contributed by atoms with Crippen LogP contribution >= 0.6 is 0 Å². The first-order chi connectivity index (χ1) is 22.9. The van der Waals surface area contributed by atoms with Gasteiger partial charge in [0.15, 0.2) is 11.5 Å². The number of benzene rings is 1. The third kappa shape index (κ3) is 5.99. The number of carbonyl (C=O) groups is 2. The molecule has 2 bridgehead atoms. The van der Waals surface area contributed by atoms with Crippen LogP contribution in [0.2, 0.25) is 0 Å². The van der Waals surface area contributed by atoms with Crippen LogP contribution in [0.4, 0.5) is 0 Å². The number of hydrogen-bond acceptors (Lipinski definition) is 6. The van der Waals surface area contributed by atoms with E-state index < -0.39 is 5.97 Å². The molecule has 7 heteroatoms. The minimum absolute atomic E-state index is 0.000300. The summed E-state index contributed by atoms with van der Waals surface area (Å²) in [7, 11) is 0. The average molecular weight is 647 g/mol. The Morgan fingerprint density at radius 1 is 0.957 bits per heavy atom. The van der Waals surface area contributed by atoms with Crippen LogP contribution in [-0.4, -0.2) is 64.6 Å². The molecule has 47 heavy (non-hydrogen) atoms. The van der Waals surface area contributed by atoms with E-state index >= 15 is 0 Å². The maximum absolute atomic E-state index is 14.5. The number of aromatic hydroxyl groups is 1. The fraction of sp³-hybridized carbons (Fsp3) is 0.800. The van der Waals surface area contributed by atoms with Gasteiger partial charge in [0, 0.05) is 55.1 Å². The summed E-state index contributed by atoms with van der Waals surface area (Å²) in [6.07, 6.45) is 23.5. The van der Waals surface area contributed by atoms with Crippen molar-refractivity contribution in [2.45, 2.75) is 159 Å². The third-order valence-corrected chi connectivity index (χ3v) is 13.8. The van der Waals surface area contributed by atoms with Crippen molar-refractivity contribution in [3.05, 3.63) is 17.2 Å². The van der Waals surface area contributed by atoms with Gasteiger partial charge in [-0.15, -0.1) is 0 Å². The van der Waals surface area contributed by atoms with Crippen LogP contribution in [0.5, 0.6) is 17.2 Å².